The van der Waals surface area contributed by atoms with Crippen LogP contribution in [-0.2, 0) is 9.84 Å². The number of rotatable bonds is 4. The third-order valence-electron chi connectivity index (χ3n) is 2.85. The number of sulfone groups is 1. The largest absolute Gasteiger partial charge is 0.394 e. The zero-order valence-corrected chi connectivity index (χ0v) is 9.92. The first-order valence-electron chi connectivity index (χ1n) is 5.14. The van der Waals surface area contributed by atoms with Gasteiger partial charge in [0.05, 0.1) is 17.0 Å². The molecule has 0 bridgehead atoms. The Hall–Kier alpha value is -1.07. The fourth-order valence-corrected chi connectivity index (χ4v) is 2.20. The molecule has 5 heteroatoms. The first-order valence-corrected chi connectivity index (χ1v) is 7.04. The summed E-state index contributed by atoms with van der Waals surface area (Å²) in [6.45, 7) is 0.112. The van der Waals surface area contributed by atoms with Crippen molar-refractivity contribution in [3.8, 4) is 0 Å². The Balaban J connectivity index is 2.14. The number of hydrogen-bond acceptors (Lipinski definition) is 4. The summed E-state index contributed by atoms with van der Waals surface area (Å²) in [7, 11) is -3.13. The number of benzene rings is 1. The van der Waals surface area contributed by atoms with Crippen LogP contribution in [0.1, 0.15) is 12.8 Å². The summed E-state index contributed by atoms with van der Waals surface area (Å²) >= 11 is 0. The molecule has 16 heavy (non-hydrogen) atoms. The Morgan fingerprint density at radius 3 is 2.25 bits per heavy atom. The van der Waals surface area contributed by atoms with Crippen LogP contribution in [0.2, 0.25) is 0 Å². The molecular weight excluding hydrogens is 226 g/mol. The lowest BCUT2D eigenvalue weighted by Crippen LogP contribution is -2.25. The van der Waals surface area contributed by atoms with Crippen molar-refractivity contribution in [1.82, 2.24) is 0 Å². The molecule has 0 spiro atoms. The highest BCUT2D eigenvalue weighted by molar-refractivity contribution is 7.90. The molecule has 0 atom stereocenters. The van der Waals surface area contributed by atoms with E-state index in [4.69, 9.17) is 5.11 Å². The number of nitrogens with one attached hydrogen (secondary N) is 1. The standard InChI is InChI=1S/C11H15NO3S/c1-16(14,15)10-4-2-9(3-5-10)12-11(8-13)6-7-11/h2-5,12-13H,6-8H2,1H3. The summed E-state index contributed by atoms with van der Waals surface area (Å²) in [6, 6.07) is 6.61. The van der Waals surface area contributed by atoms with E-state index >= 15 is 0 Å². The van der Waals surface area contributed by atoms with Crippen molar-refractivity contribution in [3.63, 3.8) is 0 Å². The van der Waals surface area contributed by atoms with Crippen LogP contribution in [0.3, 0.4) is 0 Å². The molecule has 1 saturated carbocycles. The smallest absolute Gasteiger partial charge is 0.175 e. The van der Waals surface area contributed by atoms with E-state index in [1.807, 2.05) is 0 Å². The third kappa shape index (κ3) is 2.36. The van der Waals surface area contributed by atoms with Crippen LogP contribution in [-0.4, -0.2) is 31.9 Å². The van der Waals surface area contributed by atoms with Crippen LogP contribution in [0.5, 0.6) is 0 Å². The van der Waals surface area contributed by atoms with Gasteiger partial charge in [0.2, 0.25) is 0 Å². The quantitative estimate of drug-likeness (QED) is 0.826. The molecule has 2 rings (SSSR count). The molecule has 2 N–H and O–H groups in total. The average Bonchev–Trinajstić information content (AvgIpc) is 2.98. The van der Waals surface area contributed by atoms with Crippen molar-refractivity contribution < 1.29 is 13.5 Å². The van der Waals surface area contributed by atoms with Crippen molar-refractivity contribution in [2.75, 3.05) is 18.2 Å². The van der Waals surface area contributed by atoms with Crippen LogP contribution in [0.4, 0.5) is 5.69 Å². The van der Waals surface area contributed by atoms with Crippen molar-refractivity contribution in [1.29, 1.82) is 0 Å². The van der Waals surface area contributed by atoms with E-state index in [1.54, 1.807) is 24.3 Å². The van der Waals surface area contributed by atoms with Crippen molar-refractivity contribution in [2.45, 2.75) is 23.3 Å². The number of aliphatic hydroxyl groups is 1. The minimum Gasteiger partial charge on any atom is -0.394 e. The zero-order chi connectivity index (χ0) is 11.8. The first kappa shape index (κ1) is 11.4. The molecule has 1 fully saturated rings. The van der Waals surface area contributed by atoms with Gasteiger partial charge in [0, 0.05) is 11.9 Å². The second-order valence-corrected chi connectivity index (χ2v) is 6.38. The maximum atomic E-state index is 11.2. The summed E-state index contributed by atoms with van der Waals surface area (Å²) in [5.41, 5.74) is 0.672. The van der Waals surface area contributed by atoms with E-state index in [-0.39, 0.29) is 12.1 Å². The van der Waals surface area contributed by atoms with E-state index in [9.17, 15) is 8.42 Å². The molecule has 1 aromatic carbocycles. The van der Waals surface area contributed by atoms with Gasteiger partial charge in [-0.3, -0.25) is 0 Å². The van der Waals surface area contributed by atoms with E-state index in [2.05, 4.69) is 5.32 Å². The number of aliphatic hydroxyl groups excluding tert-OH is 1. The second-order valence-electron chi connectivity index (χ2n) is 4.36. The molecule has 0 unspecified atom stereocenters. The Bertz CT molecular complexity index is 474. The summed E-state index contributed by atoms with van der Waals surface area (Å²) in [5, 5.41) is 12.4. The predicted octanol–water partition coefficient (Wildman–Crippen LogP) is 1.03. The van der Waals surface area contributed by atoms with Crippen LogP contribution < -0.4 is 5.32 Å². The zero-order valence-electron chi connectivity index (χ0n) is 9.10. The molecule has 0 amide bonds. The van der Waals surface area contributed by atoms with Gasteiger partial charge in [-0.15, -0.1) is 0 Å². The van der Waals surface area contributed by atoms with E-state index < -0.39 is 9.84 Å². The number of hydrogen-bond donors (Lipinski definition) is 2. The molecule has 0 saturated heterocycles. The average molecular weight is 241 g/mol. The lowest BCUT2D eigenvalue weighted by Gasteiger charge is -2.15. The van der Waals surface area contributed by atoms with Crippen LogP contribution in [0, 0.1) is 0 Å². The monoisotopic (exact) mass is 241 g/mol. The Labute approximate surface area is 95.2 Å². The molecule has 1 aliphatic carbocycles. The maximum Gasteiger partial charge on any atom is 0.175 e. The Morgan fingerprint density at radius 1 is 1.31 bits per heavy atom. The Kier molecular flexibility index (Phi) is 2.67. The molecule has 4 nitrogen and oxygen atoms in total. The van der Waals surface area contributed by atoms with Crippen LogP contribution in [0.25, 0.3) is 0 Å². The van der Waals surface area contributed by atoms with Crippen LogP contribution in [0.15, 0.2) is 29.2 Å². The van der Waals surface area contributed by atoms with Gasteiger partial charge in [0.1, 0.15) is 0 Å². The molecule has 0 aromatic heterocycles. The highest BCUT2D eigenvalue weighted by atomic mass is 32.2. The summed E-state index contributed by atoms with van der Waals surface area (Å²) < 4.78 is 22.5. The van der Waals surface area contributed by atoms with E-state index in [0.29, 0.717) is 4.90 Å². The topological polar surface area (TPSA) is 66.4 Å². The minimum atomic E-state index is -3.13. The van der Waals surface area contributed by atoms with Gasteiger partial charge in [0.25, 0.3) is 0 Å². The molecule has 0 heterocycles. The molecule has 0 radical (unpaired) electrons. The third-order valence-corrected chi connectivity index (χ3v) is 3.98. The van der Waals surface area contributed by atoms with E-state index in [0.717, 1.165) is 18.5 Å². The lowest BCUT2D eigenvalue weighted by molar-refractivity contribution is 0.266. The number of anilines is 1. The van der Waals surface area contributed by atoms with Crippen LogP contribution >= 0.6 is 0 Å². The van der Waals surface area contributed by atoms with E-state index in [1.165, 1.54) is 6.26 Å². The summed E-state index contributed by atoms with van der Waals surface area (Å²) in [5.74, 6) is 0. The van der Waals surface area contributed by atoms with Gasteiger partial charge in [-0.2, -0.15) is 0 Å². The van der Waals surface area contributed by atoms with Crippen molar-refractivity contribution in [2.24, 2.45) is 0 Å². The highest BCUT2D eigenvalue weighted by Gasteiger charge is 2.41. The maximum absolute atomic E-state index is 11.2. The second kappa shape index (κ2) is 3.75. The Morgan fingerprint density at radius 2 is 1.88 bits per heavy atom. The lowest BCUT2D eigenvalue weighted by atomic mass is 10.2. The highest BCUT2D eigenvalue weighted by Crippen LogP contribution is 2.38. The van der Waals surface area contributed by atoms with Gasteiger partial charge in [0.15, 0.2) is 9.84 Å². The van der Waals surface area contributed by atoms with Gasteiger partial charge >= 0.3 is 0 Å². The van der Waals surface area contributed by atoms with Gasteiger partial charge in [-0.25, -0.2) is 8.42 Å². The fourth-order valence-electron chi connectivity index (χ4n) is 1.57. The van der Waals surface area contributed by atoms with Gasteiger partial charge in [-0.05, 0) is 37.1 Å². The fraction of sp³-hybridized carbons (Fsp3) is 0.455. The van der Waals surface area contributed by atoms with Crippen molar-refractivity contribution in [3.05, 3.63) is 24.3 Å². The molecule has 0 aliphatic heterocycles. The SMILES string of the molecule is CS(=O)(=O)c1ccc(NC2(CO)CC2)cc1. The molecule has 88 valence electrons. The summed E-state index contributed by atoms with van der Waals surface area (Å²) in [4.78, 5) is 0.312. The first-order chi connectivity index (χ1) is 7.45. The molecular formula is C11H15NO3S. The van der Waals surface area contributed by atoms with Crippen molar-refractivity contribution >= 4 is 15.5 Å². The summed E-state index contributed by atoms with van der Waals surface area (Å²) in [6.07, 6.45) is 3.10. The van der Waals surface area contributed by atoms with Gasteiger partial charge in [-0.1, -0.05) is 0 Å². The molecule has 1 aliphatic rings. The van der Waals surface area contributed by atoms with Gasteiger partial charge < -0.3 is 10.4 Å². The molecule has 1 aromatic rings. The normalized spacial score (nSPS) is 18.1. The predicted molar refractivity (Wildman–Crippen MR) is 62.2 cm³/mol. The minimum absolute atomic E-state index is 0.112.